The predicted octanol–water partition coefficient (Wildman–Crippen LogP) is 6.94. The van der Waals surface area contributed by atoms with E-state index in [1.807, 2.05) is 6.92 Å². The van der Waals surface area contributed by atoms with E-state index in [-0.39, 0.29) is 17.8 Å². The molecule has 0 aliphatic carbocycles. The average Bonchev–Trinajstić information content (AvgIpc) is 2.66. The van der Waals surface area contributed by atoms with Crippen molar-refractivity contribution >= 4 is 36.9 Å². The average molecular weight is 523 g/mol. The van der Waals surface area contributed by atoms with Gasteiger partial charge in [0.15, 0.2) is 8.32 Å². The first-order chi connectivity index (χ1) is 13.1. The van der Waals surface area contributed by atoms with Crippen molar-refractivity contribution in [3.05, 3.63) is 33.1 Å². The number of halogens is 1. The zero-order valence-corrected chi connectivity index (χ0v) is 22.0. The van der Waals surface area contributed by atoms with Crippen LogP contribution >= 0.6 is 22.6 Å². The first kappa shape index (κ1) is 27.4. The van der Waals surface area contributed by atoms with Crippen LogP contribution in [-0.2, 0) is 14.0 Å². The summed E-state index contributed by atoms with van der Waals surface area (Å²) in [5, 5.41) is 9.18. The van der Waals surface area contributed by atoms with Crippen molar-refractivity contribution in [2.75, 3.05) is 7.11 Å². The summed E-state index contributed by atoms with van der Waals surface area (Å²) in [6, 6.07) is 3.35. The Bertz CT molecular complexity index is 571. The molecule has 0 aromatic heterocycles. The number of hydrogen-bond donors (Lipinski definition) is 1. The molecule has 0 amide bonds. The van der Waals surface area contributed by atoms with Crippen molar-refractivity contribution in [1.29, 1.82) is 0 Å². The largest absolute Gasteiger partial charge is 0.490 e. The molecule has 0 radical (unpaired) electrons. The molecular weight excluding hydrogens is 483 g/mol. The van der Waals surface area contributed by atoms with Gasteiger partial charge in [0.25, 0.3) is 0 Å². The topological polar surface area (TPSA) is 55.8 Å². The second-order valence-corrected chi connectivity index (χ2v) is 13.1. The molecule has 0 aromatic carbocycles. The molecule has 0 fully saturated rings. The van der Waals surface area contributed by atoms with Gasteiger partial charge in [-0.15, -0.1) is 0 Å². The molecule has 0 saturated heterocycles. The molecule has 0 aliphatic heterocycles. The van der Waals surface area contributed by atoms with Crippen LogP contribution in [0.2, 0.25) is 18.1 Å². The Balaban J connectivity index is 5.82. The standard InChI is InChI=1S/C22H39IO4Si/c1-9-28(10-2,11-3)27-21(19(7)13-17(5)15-23)18(6)12-16(4)14-20(26-8)22(24)25/h12,14-15,18-19,21H,9-11,13H2,1-8H3,(H,24,25)/b16-12+,17-15+,20-14-/t18-,19+,21-/m1/s1. The van der Waals surface area contributed by atoms with Crippen molar-refractivity contribution in [3.63, 3.8) is 0 Å². The van der Waals surface area contributed by atoms with E-state index in [2.05, 4.69) is 74.3 Å². The number of carbonyl (C=O) groups is 1. The first-order valence-electron chi connectivity index (χ1n) is 10.2. The monoisotopic (exact) mass is 522 g/mol. The van der Waals surface area contributed by atoms with Crippen LogP contribution in [0.15, 0.2) is 33.1 Å². The van der Waals surface area contributed by atoms with E-state index in [4.69, 9.17) is 9.16 Å². The van der Waals surface area contributed by atoms with Crippen molar-refractivity contribution in [2.45, 2.75) is 79.1 Å². The minimum atomic E-state index is -1.76. The molecule has 0 unspecified atom stereocenters. The number of rotatable bonds is 13. The lowest BCUT2D eigenvalue weighted by Crippen LogP contribution is -2.44. The first-order valence-corrected chi connectivity index (χ1v) is 14.0. The molecule has 0 saturated carbocycles. The molecule has 0 aliphatic rings. The van der Waals surface area contributed by atoms with E-state index in [0.29, 0.717) is 5.92 Å². The fraction of sp³-hybridized carbons (Fsp3) is 0.682. The summed E-state index contributed by atoms with van der Waals surface area (Å²) in [6.45, 7) is 15.3. The molecule has 0 spiro atoms. The van der Waals surface area contributed by atoms with Crippen LogP contribution in [0.5, 0.6) is 0 Å². The third-order valence-corrected chi connectivity index (χ3v) is 11.2. The van der Waals surface area contributed by atoms with Crippen LogP contribution in [-0.4, -0.2) is 32.6 Å². The third kappa shape index (κ3) is 8.82. The summed E-state index contributed by atoms with van der Waals surface area (Å²) >= 11 is 2.30. The van der Waals surface area contributed by atoms with Crippen LogP contribution in [0.3, 0.4) is 0 Å². The highest BCUT2D eigenvalue weighted by atomic mass is 127. The van der Waals surface area contributed by atoms with Gasteiger partial charge in [0.2, 0.25) is 5.76 Å². The van der Waals surface area contributed by atoms with Gasteiger partial charge in [-0.3, -0.25) is 0 Å². The molecule has 0 heterocycles. The summed E-state index contributed by atoms with van der Waals surface area (Å²) in [5.41, 5.74) is 2.24. The molecule has 0 bridgehead atoms. The van der Waals surface area contributed by atoms with Crippen LogP contribution in [0.25, 0.3) is 0 Å². The predicted molar refractivity (Wildman–Crippen MR) is 129 cm³/mol. The lowest BCUT2D eigenvalue weighted by atomic mass is 9.88. The second-order valence-electron chi connectivity index (χ2n) is 7.75. The van der Waals surface area contributed by atoms with E-state index in [1.165, 1.54) is 12.7 Å². The minimum absolute atomic E-state index is 0.0467. The molecule has 0 rings (SSSR count). The van der Waals surface area contributed by atoms with Gasteiger partial charge >= 0.3 is 5.97 Å². The van der Waals surface area contributed by atoms with Crippen LogP contribution < -0.4 is 0 Å². The van der Waals surface area contributed by atoms with E-state index < -0.39 is 14.3 Å². The van der Waals surface area contributed by atoms with Crippen LogP contribution in [0.4, 0.5) is 0 Å². The van der Waals surface area contributed by atoms with Crippen molar-refractivity contribution in [1.82, 2.24) is 0 Å². The van der Waals surface area contributed by atoms with Gasteiger partial charge < -0.3 is 14.3 Å². The zero-order valence-electron chi connectivity index (χ0n) is 18.8. The summed E-state index contributed by atoms with van der Waals surface area (Å²) in [4.78, 5) is 11.2. The van der Waals surface area contributed by atoms with Gasteiger partial charge in [-0.1, -0.05) is 74.4 Å². The van der Waals surface area contributed by atoms with Gasteiger partial charge in [0.05, 0.1) is 13.2 Å². The molecule has 3 atom stereocenters. The van der Waals surface area contributed by atoms with Crippen molar-refractivity contribution in [3.8, 4) is 0 Å². The van der Waals surface area contributed by atoms with E-state index >= 15 is 0 Å². The Kier molecular flexibility index (Phi) is 13.3. The molecule has 162 valence electrons. The Morgan fingerprint density at radius 1 is 1.14 bits per heavy atom. The number of allylic oxidation sites excluding steroid dienone is 3. The van der Waals surface area contributed by atoms with Gasteiger partial charge in [0.1, 0.15) is 0 Å². The Morgan fingerprint density at radius 2 is 1.68 bits per heavy atom. The number of ether oxygens (including phenoxy) is 1. The van der Waals surface area contributed by atoms with Gasteiger partial charge in [-0.2, -0.15) is 0 Å². The number of aliphatic carboxylic acids is 1. The Labute approximate surface area is 186 Å². The fourth-order valence-corrected chi connectivity index (χ4v) is 6.95. The quantitative estimate of drug-likeness (QED) is 0.0936. The molecule has 6 heteroatoms. The number of carboxylic acid groups (broad SMARTS) is 1. The normalized spacial score (nSPS) is 17.2. The lowest BCUT2D eigenvalue weighted by Gasteiger charge is -2.38. The van der Waals surface area contributed by atoms with Gasteiger partial charge in [-0.05, 0) is 60.4 Å². The highest BCUT2D eigenvalue weighted by Gasteiger charge is 2.35. The second kappa shape index (κ2) is 13.6. The molecule has 28 heavy (non-hydrogen) atoms. The van der Waals surface area contributed by atoms with E-state index in [0.717, 1.165) is 30.1 Å². The highest BCUT2D eigenvalue weighted by Crippen LogP contribution is 2.32. The Morgan fingerprint density at radius 3 is 2.07 bits per heavy atom. The Hall–Kier alpha value is -0.603. The lowest BCUT2D eigenvalue weighted by molar-refractivity contribution is -0.136. The van der Waals surface area contributed by atoms with Crippen LogP contribution in [0, 0.1) is 11.8 Å². The summed E-state index contributed by atoms with van der Waals surface area (Å²) in [7, 11) is -0.377. The fourth-order valence-electron chi connectivity index (χ4n) is 3.67. The maximum absolute atomic E-state index is 11.2. The maximum Gasteiger partial charge on any atom is 0.371 e. The number of methoxy groups -OCH3 is 1. The third-order valence-electron chi connectivity index (χ3n) is 5.54. The van der Waals surface area contributed by atoms with E-state index in [1.54, 1.807) is 6.08 Å². The number of hydrogen-bond acceptors (Lipinski definition) is 3. The summed E-state index contributed by atoms with van der Waals surface area (Å²) in [6.07, 6.45) is 4.81. The SMILES string of the molecule is CC[Si](CC)(CC)O[C@H]([C@H](C)/C=C(C)/C=C(\OC)C(=O)O)[C@@H](C)C/C(C)=C/I. The maximum atomic E-state index is 11.2. The van der Waals surface area contributed by atoms with Gasteiger partial charge in [0, 0.05) is 0 Å². The smallest absolute Gasteiger partial charge is 0.371 e. The zero-order chi connectivity index (χ0) is 21.9. The highest BCUT2D eigenvalue weighted by molar-refractivity contribution is 14.1. The van der Waals surface area contributed by atoms with Crippen LogP contribution in [0.1, 0.15) is 54.9 Å². The number of carboxylic acids is 1. The van der Waals surface area contributed by atoms with Crippen molar-refractivity contribution in [2.24, 2.45) is 11.8 Å². The minimum Gasteiger partial charge on any atom is -0.490 e. The van der Waals surface area contributed by atoms with Gasteiger partial charge in [-0.25, -0.2) is 4.79 Å². The van der Waals surface area contributed by atoms with E-state index in [9.17, 15) is 9.90 Å². The van der Waals surface area contributed by atoms with Crippen molar-refractivity contribution < 1.29 is 19.1 Å². The molecule has 4 nitrogen and oxygen atoms in total. The molecular formula is C22H39IO4Si. The summed E-state index contributed by atoms with van der Waals surface area (Å²) in [5.74, 6) is -0.542. The molecule has 1 N–H and O–H groups in total. The molecule has 0 aromatic rings. The summed E-state index contributed by atoms with van der Waals surface area (Å²) < 4.78 is 14.0.